The van der Waals surface area contributed by atoms with E-state index in [2.05, 4.69) is 0 Å². The van der Waals surface area contributed by atoms with Crippen molar-refractivity contribution in [2.45, 2.75) is 130 Å². The molecule has 258 valence electrons. The molecule has 0 aromatic rings. The Labute approximate surface area is 249 Å². The van der Waals surface area contributed by atoms with Crippen molar-refractivity contribution in [3.8, 4) is 0 Å². The van der Waals surface area contributed by atoms with E-state index in [1.165, 1.54) is 6.92 Å². The molecule has 0 saturated carbocycles. The average molecular weight is 651 g/mol. The van der Waals surface area contributed by atoms with Gasteiger partial charge in [0.2, 0.25) is 0 Å². The number of hydrogen-bond donors (Lipinski definition) is 13. The summed E-state index contributed by atoms with van der Waals surface area (Å²) in [7, 11) is 0. The van der Waals surface area contributed by atoms with Crippen LogP contribution in [0.2, 0.25) is 0 Å². The number of rotatable bonds is 9. The van der Waals surface area contributed by atoms with Crippen molar-refractivity contribution >= 4 is 0 Å². The predicted octanol–water partition coefficient (Wildman–Crippen LogP) is -8.72. The Morgan fingerprint density at radius 3 is 1.48 bits per heavy atom. The average Bonchev–Trinajstić information content (AvgIpc) is 3.01. The van der Waals surface area contributed by atoms with Gasteiger partial charge in [0.25, 0.3) is 0 Å². The van der Waals surface area contributed by atoms with Gasteiger partial charge in [0.15, 0.2) is 25.2 Å². The molecule has 44 heavy (non-hydrogen) atoms. The topological polar surface area (TPSA) is 328 Å². The van der Waals surface area contributed by atoms with E-state index in [4.69, 9.17) is 33.2 Å². The first-order valence-corrected chi connectivity index (χ1v) is 14.0. The first-order chi connectivity index (χ1) is 20.7. The Balaban J connectivity index is 1.69. The Morgan fingerprint density at radius 1 is 0.409 bits per heavy atom. The highest BCUT2D eigenvalue weighted by Crippen LogP contribution is 2.35. The molecule has 20 atom stereocenters. The standard InChI is InChI=1S/C24H42O20/c1-5-9(28)12(31)16(35)22(38-5)44-20-19(43-23-17(36)13(32)10(29)6(2-25)40-23)11(30)7(3-26)41-24(20)42-18-8(4-27)39-21(37)15(34)14(18)33/h5-37H,2-4H2,1H3/t5?,6?,7?,8-,9+,10-,11-,12-,13-,14?,15?,16+,17-,18+,19-,20-,21?,22?,23?,24?/m0/s1. The molecule has 0 aromatic carbocycles. The van der Waals surface area contributed by atoms with Crippen LogP contribution in [0.15, 0.2) is 0 Å². The maximum absolute atomic E-state index is 11.1. The van der Waals surface area contributed by atoms with Crippen LogP contribution in [0.4, 0.5) is 0 Å². The van der Waals surface area contributed by atoms with Crippen LogP contribution >= 0.6 is 0 Å². The number of ether oxygens (including phenoxy) is 7. The van der Waals surface area contributed by atoms with Crippen molar-refractivity contribution in [2.75, 3.05) is 19.8 Å². The van der Waals surface area contributed by atoms with Crippen molar-refractivity contribution < 1.29 is 99.5 Å². The zero-order valence-corrected chi connectivity index (χ0v) is 23.3. The fraction of sp³-hybridized carbons (Fsp3) is 1.00. The molecule has 13 N–H and O–H groups in total. The molecule has 0 bridgehead atoms. The lowest BCUT2D eigenvalue weighted by atomic mass is 9.95. The molecule has 0 aromatic heterocycles. The molecular weight excluding hydrogens is 608 g/mol. The van der Waals surface area contributed by atoms with Crippen LogP contribution in [-0.4, -0.2) is 209 Å². The van der Waals surface area contributed by atoms with Gasteiger partial charge >= 0.3 is 0 Å². The molecule has 20 nitrogen and oxygen atoms in total. The minimum absolute atomic E-state index is 0.831. The Bertz CT molecular complexity index is 898. The zero-order valence-electron chi connectivity index (χ0n) is 23.3. The monoisotopic (exact) mass is 650 g/mol. The third-order valence-corrected chi connectivity index (χ3v) is 8.17. The van der Waals surface area contributed by atoms with Gasteiger partial charge in [-0.15, -0.1) is 0 Å². The van der Waals surface area contributed by atoms with E-state index < -0.39 is 143 Å². The van der Waals surface area contributed by atoms with Crippen LogP contribution in [0.3, 0.4) is 0 Å². The van der Waals surface area contributed by atoms with Crippen molar-refractivity contribution in [3.63, 3.8) is 0 Å². The highest BCUT2D eigenvalue weighted by molar-refractivity contribution is 4.98. The van der Waals surface area contributed by atoms with Gasteiger partial charge in [0.05, 0.1) is 25.9 Å². The largest absolute Gasteiger partial charge is 0.394 e. The summed E-state index contributed by atoms with van der Waals surface area (Å²) in [5.74, 6) is 0. The van der Waals surface area contributed by atoms with E-state index in [0.717, 1.165) is 0 Å². The summed E-state index contributed by atoms with van der Waals surface area (Å²) in [5.41, 5.74) is 0. The maximum Gasteiger partial charge on any atom is 0.187 e. The van der Waals surface area contributed by atoms with Crippen molar-refractivity contribution in [3.05, 3.63) is 0 Å². The summed E-state index contributed by atoms with van der Waals surface area (Å²) >= 11 is 0. The zero-order chi connectivity index (χ0) is 32.6. The predicted molar refractivity (Wildman–Crippen MR) is 132 cm³/mol. The molecule has 0 spiro atoms. The van der Waals surface area contributed by atoms with E-state index in [1.807, 2.05) is 0 Å². The van der Waals surface area contributed by atoms with Gasteiger partial charge in [0, 0.05) is 0 Å². The molecule has 4 saturated heterocycles. The summed E-state index contributed by atoms with van der Waals surface area (Å²) < 4.78 is 39.0. The van der Waals surface area contributed by atoms with Crippen LogP contribution in [0.5, 0.6) is 0 Å². The Hall–Kier alpha value is -0.800. The van der Waals surface area contributed by atoms with E-state index >= 15 is 0 Å². The number of hydrogen-bond acceptors (Lipinski definition) is 20. The minimum Gasteiger partial charge on any atom is -0.394 e. The SMILES string of the molecule is CC1OC(O[C@@H]2C(O[C@H]3C(O)C(O)C(O)O[C@H]3CO)OC(CO)[C@H](O)[C@@H]2OC2OC(CO)[C@H](O)[C@H](O)[C@@H]2O)[C@H](O)[C@@H](O)[C@@H]1O. The van der Waals surface area contributed by atoms with Crippen molar-refractivity contribution in [2.24, 2.45) is 0 Å². The lowest BCUT2D eigenvalue weighted by Crippen LogP contribution is -2.68. The summed E-state index contributed by atoms with van der Waals surface area (Å²) in [6.45, 7) is -1.25. The third kappa shape index (κ3) is 7.05. The fourth-order valence-corrected chi connectivity index (χ4v) is 5.46. The van der Waals surface area contributed by atoms with Crippen LogP contribution < -0.4 is 0 Å². The summed E-state index contributed by atoms with van der Waals surface area (Å²) in [6.07, 6.45) is -35.1. The molecule has 9 unspecified atom stereocenters. The van der Waals surface area contributed by atoms with Crippen LogP contribution in [0.25, 0.3) is 0 Å². The third-order valence-electron chi connectivity index (χ3n) is 8.17. The van der Waals surface area contributed by atoms with Crippen molar-refractivity contribution in [1.29, 1.82) is 0 Å². The van der Waals surface area contributed by atoms with E-state index in [-0.39, 0.29) is 0 Å². The molecule has 4 aliphatic heterocycles. The molecule has 4 rings (SSSR count). The summed E-state index contributed by atoms with van der Waals surface area (Å²) in [6, 6.07) is 0. The van der Waals surface area contributed by atoms with E-state index in [0.29, 0.717) is 0 Å². The van der Waals surface area contributed by atoms with Gasteiger partial charge in [-0.2, -0.15) is 0 Å². The molecule has 4 heterocycles. The van der Waals surface area contributed by atoms with Gasteiger partial charge < -0.3 is 99.5 Å². The first kappa shape index (κ1) is 36.0. The second-order valence-electron chi connectivity index (χ2n) is 11.1. The normalized spacial score (nSPS) is 53.9. The molecule has 4 fully saturated rings. The smallest absolute Gasteiger partial charge is 0.187 e. The van der Waals surface area contributed by atoms with Crippen molar-refractivity contribution in [1.82, 2.24) is 0 Å². The molecular formula is C24H42O20. The molecule has 0 aliphatic carbocycles. The molecule has 0 radical (unpaired) electrons. The Kier molecular flexibility index (Phi) is 12.3. The molecule has 20 heteroatoms. The summed E-state index contributed by atoms with van der Waals surface area (Å²) in [4.78, 5) is 0. The van der Waals surface area contributed by atoms with E-state index in [9.17, 15) is 66.4 Å². The second kappa shape index (κ2) is 15.0. The lowest BCUT2D eigenvalue weighted by molar-refractivity contribution is -0.404. The maximum atomic E-state index is 11.1. The van der Waals surface area contributed by atoms with Gasteiger partial charge in [-0.1, -0.05) is 0 Å². The van der Waals surface area contributed by atoms with Gasteiger partial charge in [-0.3, -0.25) is 0 Å². The highest BCUT2D eigenvalue weighted by Gasteiger charge is 2.56. The lowest BCUT2D eigenvalue weighted by Gasteiger charge is -2.50. The van der Waals surface area contributed by atoms with Gasteiger partial charge in [0.1, 0.15) is 91.6 Å². The van der Waals surface area contributed by atoms with Crippen LogP contribution in [0.1, 0.15) is 6.92 Å². The highest BCUT2D eigenvalue weighted by atomic mass is 16.8. The van der Waals surface area contributed by atoms with Gasteiger partial charge in [-0.05, 0) is 6.92 Å². The molecule has 0 amide bonds. The number of aliphatic hydroxyl groups is 13. The second-order valence-corrected chi connectivity index (χ2v) is 11.1. The van der Waals surface area contributed by atoms with Gasteiger partial charge in [-0.25, -0.2) is 0 Å². The van der Waals surface area contributed by atoms with Crippen LogP contribution in [-0.2, 0) is 33.2 Å². The van der Waals surface area contributed by atoms with Crippen LogP contribution in [0, 0.1) is 0 Å². The quantitative estimate of drug-likeness (QED) is 0.110. The Morgan fingerprint density at radius 2 is 0.886 bits per heavy atom. The summed E-state index contributed by atoms with van der Waals surface area (Å²) in [5, 5.41) is 133. The molecule has 4 aliphatic rings. The van der Waals surface area contributed by atoms with E-state index in [1.54, 1.807) is 0 Å². The number of aliphatic hydroxyl groups excluding tert-OH is 13. The minimum atomic E-state index is -1.98. The first-order valence-electron chi connectivity index (χ1n) is 14.0. The fourth-order valence-electron chi connectivity index (χ4n) is 5.46.